The van der Waals surface area contributed by atoms with Crippen molar-refractivity contribution in [2.24, 2.45) is 0 Å². The van der Waals surface area contributed by atoms with Gasteiger partial charge in [-0.2, -0.15) is 0 Å². The van der Waals surface area contributed by atoms with Crippen molar-refractivity contribution in [2.75, 3.05) is 70.0 Å². The molecule has 0 spiro atoms. The van der Waals surface area contributed by atoms with Crippen LogP contribution in [0.15, 0.2) is 12.1 Å². The van der Waals surface area contributed by atoms with Crippen LogP contribution in [0.3, 0.4) is 0 Å². The first-order chi connectivity index (χ1) is 14.3. The van der Waals surface area contributed by atoms with Gasteiger partial charge in [0.2, 0.25) is 0 Å². The topological polar surface area (TPSA) is 97.4 Å². The van der Waals surface area contributed by atoms with Crippen LogP contribution in [0.4, 0.5) is 11.4 Å². The summed E-state index contributed by atoms with van der Waals surface area (Å²) in [6.07, 6.45) is 0.869. The Morgan fingerprint density at radius 1 is 1.03 bits per heavy atom. The van der Waals surface area contributed by atoms with Crippen molar-refractivity contribution >= 4 is 11.4 Å². The van der Waals surface area contributed by atoms with E-state index in [0.717, 1.165) is 35.5 Å². The van der Waals surface area contributed by atoms with E-state index in [9.17, 15) is 5.11 Å². The molecule has 1 unspecified atom stereocenters. The van der Waals surface area contributed by atoms with E-state index in [0.29, 0.717) is 45.6 Å². The van der Waals surface area contributed by atoms with E-state index in [1.807, 2.05) is 0 Å². The molecule has 7 heteroatoms. The number of nitrogen functional groups attached to an aromatic ring is 1. The largest absolute Gasteiger partial charge is 0.398 e. The molecular formula is C23H40N2O5. The van der Waals surface area contributed by atoms with Gasteiger partial charge < -0.3 is 35.1 Å². The van der Waals surface area contributed by atoms with Crippen LogP contribution in [0.1, 0.15) is 57.1 Å². The summed E-state index contributed by atoms with van der Waals surface area (Å²) in [6.45, 7) is 12.6. The van der Waals surface area contributed by atoms with Crippen molar-refractivity contribution in [1.29, 1.82) is 0 Å². The third kappa shape index (κ3) is 6.56. The summed E-state index contributed by atoms with van der Waals surface area (Å²) in [4.78, 5) is 2.39. The molecule has 172 valence electrons. The maximum absolute atomic E-state index is 9.97. The first-order valence-corrected chi connectivity index (χ1v) is 11.0. The van der Waals surface area contributed by atoms with Crippen LogP contribution in [0, 0.1) is 0 Å². The van der Waals surface area contributed by atoms with Crippen molar-refractivity contribution in [1.82, 2.24) is 0 Å². The van der Waals surface area contributed by atoms with Gasteiger partial charge in [-0.3, -0.25) is 0 Å². The number of nitrogens with zero attached hydrogens (tertiary/aromatic N) is 1. The van der Waals surface area contributed by atoms with Crippen LogP contribution >= 0.6 is 0 Å². The normalized spacial score (nSPS) is 18.1. The molecule has 0 aliphatic carbocycles. The molecule has 0 saturated carbocycles. The van der Waals surface area contributed by atoms with Crippen molar-refractivity contribution in [3.8, 4) is 0 Å². The molecule has 30 heavy (non-hydrogen) atoms. The Balaban J connectivity index is 1.96. The fraction of sp³-hybridized carbons (Fsp3) is 0.739. The summed E-state index contributed by atoms with van der Waals surface area (Å²) < 4.78 is 16.4. The molecule has 0 saturated heterocycles. The minimum atomic E-state index is -0.0886. The number of hydrogen-bond acceptors (Lipinski definition) is 7. The van der Waals surface area contributed by atoms with Gasteiger partial charge in [-0.05, 0) is 49.4 Å². The van der Waals surface area contributed by atoms with Gasteiger partial charge in [-0.1, -0.05) is 13.8 Å². The predicted molar refractivity (Wildman–Crippen MR) is 120 cm³/mol. The molecule has 0 radical (unpaired) electrons. The number of ether oxygens (including phenoxy) is 3. The maximum atomic E-state index is 9.97. The number of rotatable bonds is 13. The molecule has 1 atom stereocenters. The summed E-state index contributed by atoms with van der Waals surface area (Å²) in [7, 11) is 0. The van der Waals surface area contributed by atoms with Gasteiger partial charge in [0.15, 0.2) is 0 Å². The van der Waals surface area contributed by atoms with E-state index >= 15 is 0 Å². The summed E-state index contributed by atoms with van der Waals surface area (Å²) in [5, 5.41) is 18.6. The molecule has 1 aromatic carbocycles. The van der Waals surface area contributed by atoms with Gasteiger partial charge in [0, 0.05) is 29.4 Å². The highest BCUT2D eigenvalue weighted by atomic mass is 16.5. The number of anilines is 2. The SMILES string of the molecule is CC(C)c1cc2c(cc1N)C(CO)CC(C)(C)N2CCOCCOCCOCCO. The van der Waals surface area contributed by atoms with E-state index in [1.54, 1.807) is 0 Å². The minimum Gasteiger partial charge on any atom is -0.398 e. The fourth-order valence-electron chi connectivity index (χ4n) is 4.20. The van der Waals surface area contributed by atoms with Gasteiger partial charge >= 0.3 is 0 Å². The van der Waals surface area contributed by atoms with Gasteiger partial charge in [0.05, 0.1) is 52.9 Å². The van der Waals surface area contributed by atoms with Gasteiger partial charge in [0.25, 0.3) is 0 Å². The zero-order valence-corrected chi connectivity index (χ0v) is 19.0. The lowest BCUT2D eigenvalue weighted by molar-refractivity contribution is 0.00832. The third-order valence-corrected chi connectivity index (χ3v) is 5.72. The van der Waals surface area contributed by atoms with E-state index in [-0.39, 0.29) is 24.7 Å². The lowest BCUT2D eigenvalue weighted by Crippen LogP contribution is -2.50. The fourth-order valence-corrected chi connectivity index (χ4v) is 4.20. The van der Waals surface area contributed by atoms with E-state index in [1.165, 1.54) is 0 Å². The Labute approximate surface area is 181 Å². The van der Waals surface area contributed by atoms with Crippen molar-refractivity contribution in [3.63, 3.8) is 0 Å². The second-order valence-corrected chi connectivity index (χ2v) is 8.80. The molecule has 4 N–H and O–H groups in total. The Kier molecular flexibility index (Phi) is 9.84. The highest BCUT2D eigenvalue weighted by molar-refractivity contribution is 5.68. The standard InChI is InChI=1S/C23H40N2O5/c1-17(2)19-14-22-20(13-21(19)24)18(16-27)15-23(3,4)25(22)5-7-28-9-11-30-12-10-29-8-6-26/h13-14,17-18,26-27H,5-12,15-16,24H2,1-4H3. The molecule has 1 heterocycles. The maximum Gasteiger partial charge on any atom is 0.0701 e. The van der Waals surface area contributed by atoms with Crippen LogP contribution in [-0.4, -0.2) is 75.2 Å². The van der Waals surface area contributed by atoms with Gasteiger partial charge in [-0.25, -0.2) is 0 Å². The Morgan fingerprint density at radius 2 is 1.63 bits per heavy atom. The quantitative estimate of drug-likeness (QED) is 0.331. The lowest BCUT2D eigenvalue weighted by atomic mass is 9.78. The van der Waals surface area contributed by atoms with Crippen LogP contribution in [0.25, 0.3) is 0 Å². The predicted octanol–water partition coefficient (Wildman–Crippen LogP) is 2.50. The molecule has 1 aromatic rings. The summed E-state index contributed by atoms with van der Waals surface area (Å²) in [6, 6.07) is 4.26. The van der Waals surface area contributed by atoms with Crippen molar-refractivity contribution in [2.45, 2.75) is 51.5 Å². The smallest absolute Gasteiger partial charge is 0.0701 e. The summed E-state index contributed by atoms with van der Waals surface area (Å²) in [5.74, 6) is 0.432. The second kappa shape index (κ2) is 11.9. The first-order valence-electron chi connectivity index (χ1n) is 11.0. The minimum absolute atomic E-state index is 0.0311. The Morgan fingerprint density at radius 3 is 2.20 bits per heavy atom. The number of hydrogen-bond donors (Lipinski definition) is 3. The third-order valence-electron chi connectivity index (χ3n) is 5.72. The van der Waals surface area contributed by atoms with Crippen LogP contribution in [-0.2, 0) is 14.2 Å². The first kappa shape index (κ1) is 24.9. The van der Waals surface area contributed by atoms with E-state index < -0.39 is 0 Å². The highest BCUT2D eigenvalue weighted by Crippen LogP contribution is 2.45. The molecule has 0 aromatic heterocycles. The molecule has 1 aliphatic heterocycles. The molecule has 0 bridgehead atoms. The second-order valence-electron chi connectivity index (χ2n) is 8.80. The molecule has 2 rings (SSSR count). The zero-order chi connectivity index (χ0) is 22.1. The Hall–Kier alpha value is -1.38. The highest BCUT2D eigenvalue weighted by Gasteiger charge is 2.38. The number of fused-ring (bicyclic) bond motifs is 1. The zero-order valence-electron chi connectivity index (χ0n) is 19.0. The number of aliphatic hydroxyl groups is 2. The van der Waals surface area contributed by atoms with E-state index in [2.05, 4.69) is 44.7 Å². The molecule has 0 fully saturated rings. The average Bonchev–Trinajstić information content (AvgIpc) is 2.69. The molecule has 7 nitrogen and oxygen atoms in total. The van der Waals surface area contributed by atoms with Gasteiger partial charge in [0.1, 0.15) is 0 Å². The monoisotopic (exact) mass is 424 g/mol. The van der Waals surface area contributed by atoms with E-state index in [4.69, 9.17) is 25.1 Å². The molecular weight excluding hydrogens is 384 g/mol. The number of aliphatic hydroxyl groups excluding tert-OH is 2. The number of nitrogens with two attached hydrogens (primary N) is 1. The van der Waals surface area contributed by atoms with Gasteiger partial charge in [-0.15, -0.1) is 0 Å². The summed E-state index contributed by atoms with van der Waals surface area (Å²) in [5.41, 5.74) is 10.5. The number of benzene rings is 1. The van der Waals surface area contributed by atoms with Crippen LogP contribution in [0.2, 0.25) is 0 Å². The average molecular weight is 425 g/mol. The van der Waals surface area contributed by atoms with Crippen molar-refractivity contribution in [3.05, 3.63) is 23.3 Å². The molecule has 0 amide bonds. The lowest BCUT2D eigenvalue weighted by Gasteiger charge is -2.48. The molecule has 1 aliphatic rings. The van der Waals surface area contributed by atoms with Crippen molar-refractivity contribution < 1.29 is 24.4 Å². The Bertz CT molecular complexity index is 651. The summed E-state index contributed by atoms with van der Waals surface area (Å²) >= 11 is 0. The van der Waals surface area contributed by atoms with Crippen LogP contribution in [0.5, 0.6) is 0 Å². The van der Waals surface area contributed by atoms with Crippen LogP contribution < -0.4 is 10.6 Å².